The molecule has 1 aliphatic rings. The van der Waals surface area contributed by atoms with Crippen LogP contribution in [0.25, 0.3) is 0 Å². The van der Waals surface area contributed by atoms with Gasteiger partial charge in [-0.15, -0.1) is 0 Å². The molecule has 1 heterocycles. The van der Waals surface area contributed by atoms with Crippen molar-refractivity contribution in [1.82, 2.24) is 4.90 Å². The topological polar surface area (TPSA) is 93.2 Å². The fourth-order valence-electron chi connectivity index (χ4n) is 3.80. The van der Waals surface area contributed by atoms with Crippen molar-refractivity contribution in [2.75, 3.05) is 44.3 Å². The summed E-state index contributed by atoms with van der Waals surface area (Å²) in [6, 6.07) is 11.1. The number of esters is 1. The van der Waals surface area contributed by atoms with Crippen LogP contribution in [-0.4, -0.2) is 67.7 Å². The Balaban J connectivity index is 1.38. The lowest BCUT2D eigenvalue weighted by molar-refractivity contribution is -0.152. The number of Topliss-reactive ketones (excluding diaryl/α,β-unsaturated/α-hetero) is 2. The Kier molecular flexibility index (Phi) is 9.55. The second-order valence-electron chi connectivity index (χ2n) is 8.55. The first-order valence-corrected chi connectivity index (χ1v) is 12.0. The molecule has 2 aromatic rings. The van der Waals surface area contributed by atoms with Gasteiger partial charge in [0.05, 0.1) is 18.7 Å². The number of halogens is 1. The van der Waals surface area contributed by atoms with Crippen LogP contribution in [0.4, 0.5) is 10.1 Å². The van der Waals surface area contributed by atoms with E-state index in [0.717, 1.165) is 6.42 Å². The first-order chi connectivity index (χ1) is 17.3. The number of benzene rings is 2. The summed E-state index contributed by atoms with van der Waals surface area (Å²) >= 11 is 0. The number of nitrogens with zero attached hydrogens (tertiary/aromatic N) is 2. The predicted molar refractivity (Wildman–Crippen MR) is 132 cm³/mol. The summed E-state index contributed by atoms with van der Waals surface area (Å²) in [6.07, 6.45) is 0.747. The summed E-state index contributed by atoms with van der Waals surface area (Å²) < 4.78 is 25.0. The molecule has 0 bridgehead atoms. The van der Waals surface area contributed by atoms with Crippen LogP contribution in [0.5, 0.6) is 5.75 Å². The van der Waals surface area contributed by atoms with E-state index in [1.165, 1.54) is 13.0 Å². The van der Waals surface area contributed by atoms with Crippen LogP contribution < -0.4 is 9.64 Å². The van der Waals surface area contributed by atoms with Crippen LogP contribution in [0.1, 0.15) is 53.8 Å². The van der Waals surface area contributed by atoms with Crippen LogP contribution in [0.3, 0.4) is 0 Å². The molecule has 9 heteroatoms. The van der Waals surface area contributed by atoms with Gasteiger partial charge >= 0.3 is 5.97 Å². The highest BCUT2D eigenvalue weighted by atomic mass is 19.1. The van der Waals surface area contributed by atoms with Gasteiger partial charge in [0, 0.05) is 43.7 Å². The molecule has 3 rings (SSSR count). The van der Waals surface area contributed by atoms with Crippen LogP contribution >= 0.6 is 0 Å². The van der Waals surface area contributed by atoms with E-state index in [1.807, 2.05) is 11.8 Å². The minimum Gasteiger partial charge on any atom is -0.494 e. The average Bonchev–Trinajstić information content (AvgIpc) is 2.89. The lowest BCUT2D eigenvalue weighted by atomic mass is 10.1. The van der Waals surface area contributed by atoms with Gasteiger partial charge in [-0.25, -0.2) is 4.39 Å². The Hall–Kier alpha value is -3.75. The zero-order valence-corrected chi connectivity index (χ0v) is 20.6. The molecule has 0 saturated carbocycles. The maximum absolute atomic E-state index is 14.4. The third-order valence-electron chi connectivity index (χ3n) is 5.89. The number of amides is 1. The first kappa shape index (κ1) is 26.8. The molecule has 0 N–H and O–H groups in total. The number of hydrogen-bond donors (Lipinski definition) is 0. The van der Waals surface area contributed by atoms with Crippen molar-refractivity contribution >= 4 is 29.1 Å². The van der Waals surface area contributed by atoms with E-state index in [0.29, 0.717) is 55.3 Å². The second kappa shape index (κ2) is 12.8. The Bertz CT molecular complexity index is 1090. The highest BCUT2D eigenvalue weighted by Crippen LogP contribution is 2.22. The molecular weight excluding hydrogens is 467 g/mol. The molecule has 0 radical (unpaired) electrons. The second-order valence-corrected chi connectivity index (χ2v) is 8.55. The monoisotopic (exact) mass is 498 g/mol. The maximum Gasteiger partial charge on any atom is 0.306 e. The SMILES string of the molecule is CCCOc1ccc(C(=O)CCC(=O)OCC(=O)N2CCN(c3ccc(C(C)=O)cc3F)CC2)cc1. The molecule has 1 aliphatic heterocycles. The minimum atomic E-state index is -0.620. The molecule has 1 saturated heterocycles. The van der Waals surface area contributed by atoms with Gasteiger partial charge in [0.25, 0.3) is 5.91 Å². The fraction of sp³-hybridized carbons (Fsp3) is 0.407. The molecule has 0 aromatic heterocycles. The molecule has 0 spiro atoms. The number of hydrogen-bond acceptors (Lipinski definition) is 7. The highest BCUT2D eigenvalue weighted by Gasteiger charge is 2.24. The van der Waals surface area contributed by atoms with Gasteiger partial charge in [-0.3, -0.25) is 19.2 Å². The molecule has 8 nitrogen and oxygen atoms in total. The summed E-state index contributed by atoms with van der Waals surface area (Å²) in [5.41, 5.74) is 1.17. The van der Waals surface area contributed by atoms with E-state index >= 15 is 0 Å². The van der Waals surface area contributed by atoms with Crippen molar-refractivity contribution < 1.29 is 33.0 Å². The summed E-state index contributed by atoms with van der Waals surface area (Å²) in [7, 11) is 0. The van der Waals surface area contributed by atoms with Crippen molar-refractivity contribution in [2.24, 2.45) is 0 Å². The Morgan fingerprint density at radius 2 is 1.58 bits per heavy atom. The standard InChI is InChI=1S/C27H31FN2O6/c1-3-16-35-22-7-4-20(5-8-22)25(32)10-11-27(34)36-18-26(33)30-14-12-29(13-15-30)24-9-6-21(19(2)31)17-23(24)28/h4-9,17H,3,10-16,18H2,1-2H3. The third-order valence-corrected chi connectivity index (χ3v) is 5.89. The number of rotatable bonds is 11. The van der Waals surface area contributed by atoms with Crippen molar-refractivity contribution in [3.05, 3.63) is 59.4 Å². The minimum absolute atomic E-state index is 0.0190. The Morgan fingerprint density at radius 1 is 0.917 bits per heavy atom. The average molecular weight is 499 g/mol. The highest BCUT2D eigenvalue weighted by molar-refractivity contribution is 5.97. The van der Waals surface area contributed by atoms with Crippen LogP contribution in [-0.2, 0) is 14.3 Å². The summed E-state index contributed by atoms with van der Waals surface area (Å²) in [4.78, 5) is 51.6. The summed E-state index contributed by atoms with van der Waals surface area (Å²) in [6.45, 7) is 5.10. The van der Waals surface area contributed by atoms with Crippen LogP contribution in [0.15, 0.2) is 42.5 Å². The first-order valence-electron chi connectivity index (χ1n) is 12.0. The Labute approximate surface area is 210 Å². The maximum atomic E-state index is 14.4. The van der Waals surface area contributed by atoms with E-state index in [9.17, 15) is 23.6 Å². The molecular formula is C27H31FN2O6. The fourth-order valence-corrected chi connectivity index (χ4v) is 3.80. The number of ether oxygens (including phenoxy) is 2. The number of carbonyl (C=O) groups is 4. The molecule has 192 valence electrons. The van der Waals surface area contributed by atoms with E-state index in [1.54, 1.807) is 41.3 Å². The molecule has 0 unspecified atom stereocenters. The van der Waals surface area contributed by atoms with E-state index in [4.69, 9.17) is 9.47 Å². The molecule has 1 fully saturated rings. The van der Waals surface area contributed by atoms with Gasteiger partial charge < -0.3 is 19.3 Å². The zero-order valence-electron chi connectivity index (χ0n) is 20.6. The van der Waals surface area contributed by atoms with E-state index in [2.05, 4.69) is 0 Å². The third kappa shape index (κ3) is 7.37. The molecule has 36 heavy (non-hydrogen) atoms. The van der Waals surface area contributed by atoms with Crippen LogP contribution in [0.2, 0.25) is 0 Å². The van der Waals surface area contributed by atoms with Crippen molar-refractivity contribution in [1.29, 1.82) is 0 Å². The van der Waals surface area contributed by atoms with E-state index in [-0.39, 0.29) is 30.3 Å². The summed E-state index contributed by atoms with van der Waals surface area (Å²) in [5.74, 6) is -1.16. The van der Waals surface area contributed by atoms with Gasteiger partial charge in [0.1, 0.15) is 11.6 Å². The normalized spacial score (nSPS) is 13.3. The molecule has 0 atom stereocenters. The number of anilines is 1. The lowest BCUT2D eigenvalue weighted by Crippen LogP contribution is -2.50. The predicted octanol–water partition coefficient (Wildman–Crippen LogP) is 3.67. The van der Waals surface area contributed by atoms with Crippen molar-refractivity contribution in [2.45, 2.75) is 33.1 Å². The number of carbonyl (C=O) groups excluding carboxylic acids is 4. The van der Waals surface area contributed by atoms with E-state index < -0.39 is 18.4 Å². The molecule has 2 aromatic carbocycles. The molecule has 1 amide bonds. The van der Waals surface area contributed by atoms with Crippen LogP contribution in [0, 0.1) is 5.82 Å². The zero-order chi connectivity index (χ0) is 26.1. The number of ketones is 2. The van der Waals surface area contributed by atoms with Gasteiger partial charge in [0.2, 0.25) is 0 Å². The summed E-state index contributed by atoms with van der Waals surface area (Å²) in [5, 5.41) is 0. The quantitative estimate of drug-likeness (QED) is 0.345. The van der Waals surface area contributed by atoms with Crippen molar-refractivity contribution in [3.63, 3.8) is 0 Å². The smallest absolute Gasteiger partial charge is 0.306 e. The van der Waals surface area contributed by atoms with Crippen molar-refractivity contribution in [3.8, 4) is 5.75 Å². The van der Waals surface area contributed by atoms with Gasteiger partial charge in [-0.05, 0) is 55.8 Å². The molecule has 0 aliphatic carbocycles. The number of piperazine rings is 1. The van der Waals surface area contributed by atoms with Gasteiger partial charge in [-0.2, -0.15) is 0 Å². The largest absolute Gasteiger partial charge is 0.494 e. The van der Waals surface area contributed by atoms with Gasteiger partial charge in [-0.1, -0.05) is 6.92 Å². The lowest BCUT2D eigenvalue weighted by Gasteiger charge is -2.36. The Morgan fingerprint density at radius 3 is 2.19 bits per heavy atom. The van der Waals surface area contributed by atoms with Gasteiger partial charge in [0.15, 0.2) is 18.2 Å².